The molecule has 1 saturated heterocycles. The minimum atomic E-state index is 0.390. The number of hydrogen-bond acceptors (Lipinski definition) is 3. The lowest BCUT2D eigenvalue weighted by atomic mass is 10.00. The molecule has 0 aromatic heterocycles. The van der Waals surface area contributed by atoms with E-state index in [1.165, 1.54) is 16.7 Å². The van der Waals surface area contributed by atoms with Gasteiger partial charge in [0, 0.05) is 31.8 Å². The number of hydrogen-bond donors (Lipinski definition) is 1. The second kappa shape index (κ2) is 7.21. The Morgan fingerprint density at radius 2 is 1.80 bits per heavy atom. The summed E-state index contributed by atoms with van der Waals surface area (Å²) in [5.41, 5.74) is 4.08. The van der Waals surface area contributed by atoms with Gasteiger partial charge in [-0.3, -0.25) is 0 Å². The van der Waals surface area contributed by atoms with E-state index in [0.29, 0.717) is 12.1 Å². The zero-order valence-electron chi connectivity index (χ0n) is 13.3. The fraction of sp³-hybridized carbons (Fsp3) is 0.647. The molecule has 20 heavy (non-hydrogen) atoms. The van der Waals surface area contributed by atoms with Crippen molar-refractivity contribution in [3.8, 4) is 0 Å². The molecule has 0 spiro atoms. The minimum absolute atomic E-state index is 0.390. The average molecular weight is 276 g/mol. The zero-order chi connectivity index (χ0) is 14.5. The molecular weight excluding hydrogens is 248 g/mol. The van der Waals surface area contributed by atoms with Gasteiger partial charge < -0.3 is 15.0 Å². The lowest BCUT2D eigenvalue weighted by molar-refractivity contribution is 0.0404. The molecule has 1 fully saturated rings. The molecule has 3 nitrogen and oxygen atoms in total. The van der Waals surface area contributed by atoms with Crippen molar-refractivity contribution in [2.45, 2.75) is 38.8 Å². The van der Waals surface area contributed by atoms with Gasteiger partial charge in [-0.15, -0.1) is 0 Å². The van der Waals surface area contributed by atoms with E-state index in [2.05, 4.69) is 56.4 Å². The molecule has 3 heteroatoms. The summed E-state index contributed by atoms with van der Waals surface area (Å²) in [5.74, 6) is 0. The minimum Gasteiger partial charge on any atom is -0.381 e. The molecule has 1 heterocycles. The van der Waals surface area contributed by atoms with Crippen LogP contribution in [-0.4, -0.2) is 44.8 Å². The van der Waals surface area contributed by atoms with Gasteiger partial charge in [0.2, 0.25) is 0 Å². The van der Waals surface area contributed by atoms with Crippen molar-refractivity contribution in [3.63, 3.8) is 0 Å². The Hall–Kier alpha value is -0.900. The summed E-state index contributed by atoms with van der Waals surface area (Å²) in [6, 6.07) is 7.88. The lowest BCUT2D eigenvalue weighted by Gasteiger charge is -2.34. The summed E-state index contributed by atoms with van der Waals surface area (Å²) in [4.78, 5) is 2.49. The van der Waals surface area contributed by atoms with Crippen LogP contribution < -0.4 is 5.32 Å². The van der Waals surface area contributed by atoms with E-state index >= 15 is 0 Å². The van der Waals surface area contributed by atoms with E-state index in [9.17, 15) is 0 Å². The Morgan fingerprint density at radius 1 is 1.20 bits per heavy atom. The van der Waals surface area contributed by atoms with Crippen LogP contribution >= 0.6 is 0 Å². The summed E-state index contributed by atoms with van der Waals surface area (Å²) in [7, 11) is 4.29. The van der Waals surface area contributed by atoms with Crippen LogP contribution in [0.2, 0.25) is 0 Å². The molecule has 1 atom stereocenters. The fourth-order valence-corrected chi connectivity index (χ4v) is 3.14. The zero-order valence-corrected chi connectivity index (χ0v) is 13.3. The largest absolute Gasteiger partial charge is 0.381 e. The quantitative estimate of drug-likeness (QED) is 0.895. The maximum absolute atomic E-state index is 5.45. The number of rotatable bonds is 5. The highest BCUT2D eigenvalue weighted by Crippen LogP contribution is 2.20. The summed E-state index contributed by atoms with van der Waals surface area (Å²) < 4.78 is 5.45. The molecule has 0 bridgehead atoms. The van der Waals surface area contributed by atoms with Crippen LogP contribution in [0.5, 0.6) is 0 Å². The molecule has 0 amide bonds. The van der Waals surface area contributed by atoms with Crippen molar-refractivity contribution >= 4 is 0 Å². The second-order valence-corrected chi connectivity index (χ2v) is 6.05. The van der Waals surface area contributed by atoms with Crippen molar-refractivity contribution in [1.29, 1.82) is 0 Å². The van der Waals surface area contributed by atoms with Crippen molar-refractivity contribution in [3.05, 3.63) is 34.9 Å². The SMILES string of the molecule is CNC(CN(C)C1CCOCC1)c1cc(C)cc(C)c1. The van der Waals surface area contributed by atoms with Gasteiger partial charge in [0.05, 0.1) is 0 Å². The average Bonchev–Trinajstić information content (AvgIpc) is 2.44. The molecule has 112 valence electrons. The third kappa shape index (κ3) is 4.05. The van der Waals surface area contributed by atoms with Gasteiger partial charge in [-0.2, -0.15) is 0 Å². The Morgan fingerprint density at radius 3 is 2.35 bits per heavy atom. The summed E-state index contributed by atoms with van der Waals surface area (Å²) in [6.07, 6.45) is 2.31. The topological polar surface area (TPSA) is 24.5 Å². The van der Waals surface area contributed by atoms with Crippen LogP contribution in [0.1, 0.15) is 35.6 Å². The number of nitrogens with zero attached hydrogens (tertiary/aromatic N) is 1. The first-order valence-corrected chi connectivity index (χ1v) is 7.63. The molecule has 0 saturated carbocycles. The van der Waals surface area contributed by atoms with E-state index < -0.39 is 0 Å². The highest BCUT2D eigenvalue weighted by atomic mass is 16.5. The van der Waals surface area contributed by atoms with Gasteiger partial charge in [-0.05, 0) is 46.3 Å². The molecule has 0 aliphatic carbocycles. The number of aryl methyl sites for hydroxylation is 2. The van der Waals surface area contributed by atoms with E-state index in [1.54, 1.807) is 0 Å². The molecule has 0 radical (unpaired) electrons. The van der Waals surface area contributed by atoms with E-state index in [1.807, 2.05) is 0 Å². The predicted octanol–water partition coefficient (Wildman–Crippen LogP) is 2.67. The smallest absolute Gasteiger partial charge is 0.0480 e. The highest BCUT2D eigenvalue weighted by molar-refractivity contribution is 5.30. The molecule has 1 aromatic rings. The third-order valence-electron chi connectivity index (χ3n) is 4.28. The van der Waals surface area contributed by atoms with Crippen molar-refractivity contribution < 1.29 is 4.74 Å². The third-order valence-corrected chi connectivity index (χ3v) is 4.28. The van der Waals surface area contributed by atoms with Crippen molar-refractivity contribution in [1.82, 2.24) is 10.2 Å². The van der Waals surface area contributed by atoms with Crippen molar-refractivity contribution in [2.75, 3.05) is 33.9 Å². The van der Waals surface area contributed by atoms with E-state index in [0.717, 1.165) is 32.6 Å². The second-order valence-electron chi connectivity index (χ2n) is 6.05. The molecule has 1 aliphatic rings. The predicted molar refractivity (Wildman–Crippen MR) is 84.2 cm³/mol. The van der Waals surface area contributed by atoms with Crippen molar-refractivity contribution in [2.24, 2.45) is 0 Å². The van der Waals surface area contributed by atoms with Gasteiger partial charge in [0.1, 0.15) is 0 Å². The first-order valence-electron chi connectivity index (χ1n) is 7.63. The van der Waals surface area contributed by atoms with Gasteiger partial charge in [-0.25, -0.2) is 0 Å². The summed E-state index contributed by atoms with van der Waals surface area (Å²) >= 11 is 0. The van der Waals surface area contributed by atoms with Crippen LogP contribution in [0, 0.1) is 13.8 Å². The van der Waals surface area contributed by atoms with Gasteiger partial charge in [0.15, 0.2) is 0 Å². The highest BCUT2D eigenvalue weighted by Gasteiger charge is 2.21. The number of nitrogens with one attached hydrogen (secondary N) is 1. The molecule has 1 N–H and O–H groups in total. The summed E-state index contributed by atoms with van der Waals surface area (Å²) in [5, 5.41) is 3.47. The van der Waals surface area contributed by atoms with Crippen LogP contribution in [0.4, 0.5) is 0 Å². The monoisotopic (exact) mass is 276 g/mol. The maximum Gasteiger partial charge on any atom is 0.0480 e. The molecule has 2 rings (SSSR count). The molecule has 1 aliphatic heterocycles. The van der Waals surface area contributed by atoms with Gasteiger partial charge >= 0.3 is 0 Å². The van der Waals surface area contributed by atoms with E-state index in [-0.39, 0.29) is 0 Å². The van der Waals surface area contributed by atoms with Crippen LogP contribution in [0.25, 0.3) is 0 Å². The van der Waals surface area contributed by atoms with Gasteiger partial charge in [-0.1, -0.05) is 29.3 Å². The standard InChI is InChI=1S/C17H28N2O/c1-13-9-14(2)11-15(10-13)17(18-3)12-19(4)16-5-7-20-8-6-16/h9-11,16-18H,5-8,12H2,1-4H3. The number of benzene rings is 1. The maximum atomic E-state index is 5.45. The van der Waals surface area contributed by atoms with Crippen LogP contribution in [0.15, 0.2) is 18.2 Å². The Labute approximate surface area is 123 Å². The van der Waals surface area contributed by atoms with Crippen LogP contribution in [0.3, 0.4) is 0 Å². The Kier molecular flexibility index (Phi) is 5.58. The number of ether oxygens (including phenoxy) is 1. The molecular formula is C17H28N2O. The summed E-state index contributed by atoms with van der Waals surface area (Å²) in [6.45, 7) is 7.20. The fourth-order valence-electron chi connectivity index (χ4n) is 3.14. The van der Waals surface area contributed by atoms with Gasteiger partial charge in [0.25, 0.3) is 0 Å². The normalized spacial score (nSPS) is 18.4. The van der Waals surface area contributed by atoms with E-state index in [4.69, 9.17) is 4.74 Å². The Bertz CT molecular complexity index is 407. The molecule has 1 unspecified atom stereocenters. The number of likely N-dealkylation sites (N-methyl/N-ethyl adjacent to an activating group) is 2. The Balaban J connectivity index is 2.03. The van der Waals surface area contributed by atoms with Crippen LogP contribution in [-0.2, 0) is 4.74 Å². The first-order chi connectivity index (χ1) is 9.60. The lowest BCUT2D eigenvalue weighted by Crippen LogP contribution is -2.41. The molecule has 1 aromatic carbocycles. The first kappa shape index (κ1) is 15.5.